The van der Waals surface area contributed by atoms with E-state index in [1.165, 1.54) is 11.8 Å². The summed E-state index contributed by atoms with van der Waals surface area (Å²) in [6.45, 7) is 1.40. The number of hydrogen-bond acceptors (Lipinski definition) is 6. The largest absolute Gasteiger partial charge is 0.497 e. The molecule has 0 radical (unpaired) electrons. The fourth-order valence-electron chi connectivity index (χ4n) is 2.33. The average Bonchev–Trinajstić information content (AvgIpc) is 3.35. The fourth-order valence-corrected chi connectivity index (χ4v) is 3.08. The summed E-state index contributed by atoms with van der Waals surface area (Å²) in [6, 6.07) is 9.46. The third kappa shape index (κ3) is 4.85. The smallest absolute Gasteiger partial charge is 0.230 e. The maximum atomic E-state index is 12.0. The van der Waals surface area contributed by atoms with Gasteiger partial charge in [0.25, 0.3) is 0 Å². The second kappa shape index (κ2) is 9.04. The van der Waals surface area contributed by atoms with Crippen molar-refractivity contribution in [2.75, 3.05) is 19.4 Å². The van der Waals surface area contributed by atoms with Crippen LogP contribution in [0.15, 0.2) is 54.2 Å². The van der Waals surface area contributed by atoms with E-state index in [2.05, 4.69) is 20.6 Å². The lowest BCUT2D eigenvalue weighted by molar-refractivity contribution is -0.118. The Morgan fingerprint density at radius 1 is 1.31 bits per heavy atom. The van der Waals surface area contributed by atoms with E-state index in [1.807, 2.05) is 45.8 Å². The molecule has 1 amide bonds. The minimum Gasteiger partial charge on any atom is -0.497 e. The SMILES string of the molecule is COc1ccc(-n2cnnc2SCC(=O)NCCCn2cccn2)cc1. The van der Waals surface area contributed by atoms with Gasteiger partial charge in [-0.1, -0.05) is 11.8 Å². The second-order valence-electron chi connectivity index (χ2n) is 5.44. The van der Waals surface area contributed by atoms with Gasteiger partial charge in [-0.15, -0.1) is 10.2 Å². The molecular weight excluding hydrogens is 352 g/mol. The number of carbonyl (C=O) groups excluding carboxylic acids is 1. The lowest BCUT2D eigenvalue weighted by Crippen LogP contribution is -2.27. The summed E-state index contributed by atoms with van der Waals surface area (Å²) in [5.74, 6) is 1.04. The Balaban J connectivity index is 1.45. The van der Waals surface area contributed by atoms with Crippen LogP contribution in [0.1, 0.15) is 6.42 Å². The van der Waals surface area contributed by atoms with Crippen molar-refractivity contribution in [1.29, 1.82) is 0 Å². The van der Waals surface area contributed by atoms with Gasteiger partial charge in [0.05, 0.1) is 12.9 Å². The highest BCUT2D eigenvalue weighted by Crippen LogP contribution is 2.21. The van der Waals surface area contributed by atoms with E-state index in [0.29, 0.717) is 11.7 Å². The minimum atomic E-state index is -0.0280. The van der Waals surface area contributed by atoms with Crippen LogP contribution in [0.25, 0.3) is 5.69 Å². The Bertz CT molecular complexity index is 816. The Morgan fingerprint density at radius 3 is 2.88 bits per heavy atom. The van der Waals surface area contributed by atoms with Gasteiger partial charge in [0.2, 0.25) is 5.91 Å². The number of ether oxygens (including phenoxy) is 1. The number of rotatable bonds is 9. The molecule has 0 fully saturated rings. The molecule has 0 bridgehead atoms. The van der Waals surface area contributed by atoms with Gasteiger partial charge in [-0.05, 0) is 36.8 Å². The normalized spacial score (nSPS) is 10.7. The monoisotopic (exact) mass is 372 g/mol. The number of thioether (sulfide) groups is 1. The zero-order chi connectivity index (χ0) is 18.2. The zero-order valence-electron chi connectivity index (χ0n) is 14.4. The molecule has 0 atom stereocenters. The van der Waals surface area contributed by atoms with Crippen LogP contribution in [0, 0.1) is 0 Å². The minimum absolute atomic E-state index is 0.0280. The van der Waals surface area contributed by atoms with Crippen LogP contribution in [0.4, 0.5) is 0 Å². The number of carbonyl (C=O) groups is 1. The van der Waals surface area contributed by atoms with Crippen molar-refractivity contribution in [3.63, 3.8) is 0 Å². The Hall–Kier alpha value is -2.81. The standard InChI is InChI=1S/C17H20N6O2S/c1-25-15-6-4-14(5-7-15)23-13-19-21-17(23)26-12-16(24)18-8-2-10-22-11-3-9-20-22/h3-7,9,11,13H,2,8,10,12H2,1H3,(H,18,24). The number of aromatic nitrogens is 5. The van der Waals surface area contributed by atoms with Crippen LogP contribution in [0.5, 0.6) is 5.75 Å². The van der Waals surface area contributed by atoms with E-state index >= 15 is 0 Å². The molecule has 1 aromatic carbocycles. The van der Waals surface area contributed by atoms with Crippen molar-refractivity contribution >= 4 is 17.7 Å². The van der Waals surface area contributed by atoms with Gasteiger partial charge in [0.1, 0.15) is 12.1 Å². The maximum Gasteiger partial charge on any atom is 0.230 e. The molecule has 26 heavy (non-hydrogen) atoms. The molecule has 0 saturated heterocycles. The highest BCUT2D eigenvalue weighted by Gasteiger charge is 2.10. The van der Waals surface area contributed by atoms with Gasteiger partial charge >= 0.3 is 0 Å². The number of aryl methyl sites for hydroxylation is 1. The van der Waals surface area contributed by atoms with Gasteiger partial charge < -0.3 is 10.1 Å². The predicted octanol–water partition coefficient (Wildman–Crippen LogP) is 1.77. The van der Waals surface area contributed by atoms with Crippen LogP contribution < -0.4 is 10.1 Å². The van der Waals surface area contributed by atoms with Crippen molar-refractivity contribution < 1.29 is 9.53 Å². The first-order valence-corrected chi connectivity index (χ1v) is 9.16. The molecule has 9 heteroatoms. The summed E-state index contributed by atoms with van der Waals surface area (Å²) >= 11 is 1.35. The number of amides is 1. The first-order valence-electron chi connectivity index (χ1n) is 8.17. The maximum absolute atomic E-state index is 12.0. The van der Waals surface area contributed by atoms with Crippen molar-refractivity contribution in [3.8, 4) is 11.4 Å². The van der Waals surface area contributed by atoms with E-state index < -0.39 is 0 Å². The predicted molar refractivity (Wildman–Crippen MR) is 98.5 cm³/mol. The molecule has 0 saturated carbocycles. The van der Waals surface area contributed by atoms with E-state index in [9.17, 15) is 4.79 Å². The molecule has 0 aliphatic carbocycles. The molecule has 3 aromatic rings. The lowest BCUT2D eigenvalue weighted by atomic mass is 10.3. The third-order valence-electron chi connectivity index (χ3n) is 3.64. The Labute approximate surface area is 155 Å². The summed E-state index contributed by atoms with van der Waals surface area (Å²) in [4.78, 5) is 12.0. The lowest BCUT2D eigenvalue weighted by Gasteiger charge is -2.08. The summed E-state index contributed by atoms with van der Waals surface area (Å²) in [5, 5.41) is 15.7. The van der Waals surface area contributed by atoms with E-state index in [4.69, 9.17) is 4.74 Å². The molecule has 3 rings (SSSR count). The van der Waals surface area contributed by atoms with Gasteiger partial charge in [0, 0.05) is 31.2 Å². The zero-order valence-corrected chi connectivity index (χ0v) is 15.2. The highest BCUT2D eigenvalue weighted by molar-refractivity contribution is 7.99. The van der Waals surface area contributed by atoms with Crippen LogP contribution in [-0.4, -0.2) is 49.9 Å². The van der Waals surface area contributed by atoms with Crippen molar-refractivity contribution in [3.05, 3.63) is 49.1 Å². The van der Waals surface area contributed by atoms with Crippen LogP contribution in [-0.2, 0) is 11.3 Å². The van der Waals surface area contributed by atoms with Gasteiger partial charge in [-0.3, -0.25) is 14.0 Å². The van der Waals surface area contributed by atoms with Gasteiger partial charge in [-0.2, -0.15) is 5.10 Å². The van der Waals surface area contributed by atoms with E-state index in [1.54, 1.807) is 19.6 Å². The van der Waals surface area contributed by atoms with Crippen molar-refractivity contribution in [2.24, 2.45) is 0 Å². The second-order valence-corrected chi connectivity index (χ2v) is 6.39. The summed E-state index contributed by atoms with van der Waals surface area (Å²) in [7, 11) is 1.63. The third-order valence-corrected chi connectivity index (χ3v) is 4.59. The number of benzene rings is 1. The van der Waals surface area contributed by atoms with Crippen LogP contribution in [0.3, 0.4) is 0 Å². The first-order chi connectivity index (χ1) is 12.8. The molecule has 2 aromatic heterocycles. The number of methoxy groups -OCH3 is 1. The van der Waals surface area contributed by atoms with Gasteiger partial charge in [0.15, 0.2) is 5.16 Å². The molecule has 8 nitrogen and oxygen atoms in total. The average molecular weight is 372 g/mol. The van der Waals surface area contributed by atoms with Crippen LogP contribution >= 0.6 is 11.8 Å². The number of nitrogens with zero attached hydrogens (tertiary/aromatic N) is 5. The van der Waals surface area contributed by atoms with E-state index in [-0.39, 0.29) is 11.7 Å². The van der Waals surface area contributed by atoms with Crippen molar-refractivity contribution in [2.45, 2.75) is 18.1 Å². The fraction of sp³-hybridized carbons (Fsp3) is 0.294. The molecule has 136 valence electrons. The highest BCUT2D eigenvalue weighted by atomic mass is 32.2. The Morgan fingerprint density at radius 2 is 2.15 bits per heavy atom. The topological polar surface area (TPSA) is 86.9 Å². The van der Waals surface area contributed by atoms with E-state index in [0.717, 1.165) is 24.4 Å². The summed E-state index contributed by atoms with van der Waals surface area (Å²) in [5.41, 5.74) is 0.915. The molecule has 1 N–H and O–H groups in total. The number of nitrogens with one attached hydrogen (secondary N) is 1. The molecule has 2 heterocycles. The Kier molecular flexibility index (Phi) is 6.26. The van der Waals surface area contributed by atoms with Gasteiger partial charge in [-0.25, -0.2) is 0 Å². The molecule has 0 unspecified atom stereocenters. The summed E-state index contributed by atoms with van der Waals surface area (Å²) in [6.07, 6.45) is 6.12. The number of hydrogen-bond donors (Lipinski definition) is 1. The van der Waals surface area contributed by atoms with Crippen LogP contribution in [0.2, 0.25) is 0 Å². The molecular formula is C17H20N6O2S. The molecule has 0 aliphatic heterocycles. The molecule has 0 spiro atoms. The quantitative estimate of drug-likeness (QED) is 0.455. The first kappa shape index (κ1) is 18.0. The molecule has 0 aliphatic rings. The summed E-state index contributed by atoms with van der Waals surface area (Å²) < 4.78 is 8.85. The van der Waals surface area contributed by atoms with Crippen molar-refractivity contribution in [1.82, 2.24) is 29.9 Å².